The fourth-order valence-electron chi connectivity index (χ4n) is 3.67. The van der Waals surface area contributed by atoms with Crippen LogP contribution in [0.25, 0.3) is 0 Å². The fourth-order valence-corrected chi connectivity index (χ4v) is 3.67. The first kappa shape index (κ1) is 12.4. The fraction of sp³-hybridized carbons (Fsp3) is 1.00. The molecule has 1 N–H and O–H groups in total. The van der Waals surface area contributed by atoms with Crippen molar-refractivity contribution in [2.24, 2.45) is 5.41 Å². The van der Waals surface area contributed by atoms with Gasteiger partial charge in [-0.1, -0.05) is 12.8 Å². The third-order valence-corrected chi connectivity index (χ3v) is 4.90. The first-order chi connectivity index (χ1) is 7.68. The van der Waals surface area contributed by atoms with Crippen molar-refractivity contribution < 1.29 is 9.84 Å². The van der Waals surface area contributed by atoms with Crippen LogP contribution >= 0.6 is 0 Å². The molecule has 16 heavy (non-hydrogen) atoms. The second-order valence-electron chi connectivity index (χ2n) is 6.03. The summed E-state index contributed by atoms with van der Waals surface area (Å²) in [5.41, 5.74) is 0.264. The lowest BCUT2D eigenvalue weighted by Crippen LogP contribution is -2.38. The van der Waals surface area contributed by atoms with E-state index in [2.05, 4.69) is 0 Å². The van der Waals surface area contributed by atoms with E-state index in [4.69, 9.17) is 4.74 Å². The number of methoxy groups -OCH3 is 1. The number of ether oxygens (including phenoxy) is 1. The van der Waals surface area contributed by atoms with Crippen LogP contribution in [0.4, 0.5) is 0 Å². The number of rotatable bonds is 4. The predicted octanol–water partition coefficient (Wildman–Crippen LogP) is 3.28. The molecule has 0 aromatic carbocycles. The minimum absolute atomic E-state index is 0.369. The van der Waals surface area contributed by atoms with Gasteiger partial charge in [0.25, 0.3) is 0 Å². The smallest absolute Gasteiger partial charge is 0.0649 e. The maximum atomic E-state index is 10.5. The molecule has 0 atom stereocenters. The van der Waals surface area contributed by atoms with E-state index >= 15 is 0 Å². The van der Waals surface area contributed by atoms with Crippen molar-refractivity contribution in [1.82, 2.24) is 0 Å². The van der Waals surface area contributed by atoms with Gasteiger partial charge in [-0.05, 0) is 56.8 Å². The molecular weight excluding hydrogens is 200 g/mol. The average molecular weight is 226 g/mol. The highest BCUT2D eigenvalue weighted by molar-refractivity contribution is 4.95. The molecule has 2 aliphatic carbocycles. The first-order valence-electron chi connectivity index (χ1n) is 6.90. The summed E-state index contributed by atoms with van der Waals surface area (Å²) in [5, 5.41) is 10.5. The van der Waals surface area contributed by atoms with Gasteiger partial charge in [0, 0.05) is 13.7 Å². The average Bonchev–Trinajstić information content (AvgIpc) is 2.73. The highest BCUT2D eigenvalue weighted by Crippen LogP contribution is 2.51. The van der Waals surface area contributed by atoms with Gasteiger partial charge in [-0.25, -0.2) is 0 Å². The normalized spacial score (nSPS) is 27.4. The lowest BCUT2D eigenvalue weighted by atomic mass is 9.67. The summed E-state index contributed by atoms with van der Waals surface area (Å²) in [7, 11) is 1.73. The van der Waals surface area contributed by atoms with Gasteiger partial charge >= 0.3 is 0 Å². The van der Waals surface area contributed by atoms with E-state index < -0.39 is 0 Å². The summed E-state index contributed by atoms with van der Waals surface area (Å²) < 4.78 is 5.06. The maximum absolute atomic E-state index is 10.5. The van der Waals surface area contributed by atoms with Crippen molar-refractivity contribution in [3.05, 3.63) is 0 Å². The number of hydrogen-bond donors (Lipinski definition) is 1. The molecule has 0 heterocycles. The molecule has 1 spiro atoms. The largest absolute Gasteiger partial charge is 0.390 e. The van der Waals surface area contributed by atoms with Crippen LogP contribution in [0.15, 0.2) is 0 Å². The van der Waals surface area contributed by atoms with Gasteiger partial charge in [0.15, 0.2) is 0 Å². The second-order valence-corrected chi connectivity index (χ2v) is 6.03. The summed E-state index contributed by atoms with van der Waals surface area (Å²) in [5.74, 6) is 0. The van der Waals surface area contributed by atoms with E-state index in [1.807, 2.05) is 0 Å². The van der Waals surface area contributed by atoms with E-state index in [9.17, 15) is 5.11 Å². The lowest BCUT2D eigenvalue weighted by Gasteiger charge is -2.42. The third kappa shape index (κ3) is 2.78. The summed E-state index contributed by atoms with van der Waals surface area (Å²) in [6, 6.07) is 0. The van der Waals surface area contributed by atoms with Gasteiger partial charge in [-0.3, -0.25) is 0 Å². The molecular formula is C14H26O2. The Morgan fingerprint density at radius 3 is 2.19 bits per heavy atom. The van der Waals surface area contributed by atoms with Gasteiger partial charge in [-0.15, -0.1) is 0 Å². The third-order valence-electron chi connectivity index (χ3n) is 4.90. The summed E-state index contributed by atoms with van der Waals surface area (Å²) in [4.78, 5) is 0. The zero-order chi connectivity index (χ0) is 11.5. The molecule has 2 aliphatic rings. The van der Waals surface area contributed by atoms with Crippen molar-refractivity contribution in [3.8, 4) is 0 Å². The Hall–Kier alpha value is -0.0800. The van der Waals surface area contributed by atoms with E-state index in [0.29, 0.717) is 5.41 Å². The molecule has 2 saturated carbocycles. The molecule has 0 aliphatic heterocycles. The monoisotopic (exact) mass is 226 g/mol. The summed E-state index contributed by atoms with van der Waals surface area (Å²) in [6.45, 7) is 0.785. The van der Waals surface area contributed by atoms with Crippen molar-refractivity contribution in [2.45, 2.75) is 69.8 Å². The summed E-state index contributed by atoms with van der Waals surface area (Å²) in [6.07, 6.45) is 12.2. The van der Waals surface area contributed by atoms with Crippen LogP contribution < -0.4 is 0 Å². The standard InChI is InChI=1S/C14H26O2/c1-16-12-4-7-14(15)10-8-13(9-11-14)5-2-3-6-13/h15H,2-12H2,1H3. The number of aliphatic hydroxyl groups is 1. The van der Waals surface area contributed by atoms with Crippen LogP contribution in [0.3, 0.4) is 0 Å². The van der Waals surface area contributed by atoms with Crippen LogP contribution in [0.5, 0.6) is 0 Å². The van der Waals surface area contributed by atoms with E-state index in [-0.39, 0.29) is 5.60 Å². The highest BCUT2D eigenvalue weighted by Gasteiger charge is 2.42. The highest BCUT2D eigenvalue weighted by atomic mass is 16.5. The van der Waals surface area contributed by atoms with Crippen LogP contribution in [0, 0.1) is 5.41 Å². The Morgan fingerprint density at radius 1 is 1.00 bits per heavy atom. The summed E-state index contributed by atoms with van der Waals surface area (Å²) >= 11 is 0. The van der Waals surface area contributed by atoms with E-state index in [1.54, 1.807) is 7.11 Å². The molecule has 0 saturated heterocycles. The Labute approximate surface area is 99.4 Å². The molecule has 0 unspecified atom stereocenters. The molecule has 2 nitrogen and oxygen atoms in total. The van der Waals surface area contributed by atoms with Gasteiger partial charge in [0.1, 0.15) is 0 Å². The molecule has 0 bridgehead atoms. The molecule has 0 aromatic heterocycles. The minimum atomic E-state index is -0.369. The molecule has 0 aromatic rings. The molecule has 0 amide bonds. The number of hydrogen-bond acceptors (Lipinski definition) is 2. The maximum Gasteiger partial charge on any atom is 0.0649 e. The van der Waals surface area contributed by atoms with Crippen LogP contribution in [0.2, 0.25) is 0 Å². The lowest BCUT2D eigenvalue weighted by molar-refractivity contribution is -0.0431. The van der Waals surface area contributed by atoms with Crippen LogP contribution in [-0.2, 0) is 4.74 Å². The zero-order valence-corrected chi connectivity index (χ0v) is 10.6. The predicted molar refractivity (Wildman–Crippen MR) is 65.4 cm³/mol. The van der Waals surface area contributed by atoms with Crippen LogP contribution in [-0.4, -0.2) is 24.4 Å². The van der Waals surface area contributed by atoms with Crippen LogP contribution in [0.1, 0.15) is 64.2 Å². The molecule has 2 heteroatoms. The Kier molecular flexibility index (Phi) is 3.91. The Bertz CT molecular complexity index is 209. The molecule has 2 fully saturated rings. The van der Waals surface area contributed by atoms with E-state index in [1.165, 1.54) is 38.5 Å². The Balaban J connectivity index is 1.78. The van der Waals surface area contributed by atoms with Crippen molar-refractivity contribution >= 4 is 0 Å². The van der Waals surface area contributed by atoms with Gasteiger partial charge in [-0.2, -0.15) is 0 Å². The minimum Gasteiger partial charge on any atom is -0.390 e. The second kappa shape index (κ2) is 5.05. The van der Waals surface area contributed by atoms with E-state index in [0.717, 1.165) is 32.3 Å². The Morgan fingerprint density at radius 2 is 1.62 bits per heavy atom. The zero-order valence-electron chi connectivity index (χ0n) is 10.6. The van der Waals surface area contributed by atoms with Gasteiger partial charge in [0.05, 0.1) is 5.60 Å². The molecule has 0 radical (unpaired) electrons. The van der Waals surface area contributed by atoms with Gasteiger partial charge in [0.2, 0.25) is 0 Å². The topological polar surface area (TPSA) is 29.5 Å². The van der Waals surface area contributed by atoms with Crippen molar-refractivity contribution in [3.63, 3.8) is 0 Å². The SMILES string of the molecule is COCCCC1(O)CCC2(CCCC2)CC1. The van der Waals surface area contributed by atoms with Gasteiger partial charge < -0.3 is 9.84 Å². The van der Waals surface area contributed by atoms with Crippen molar-refractivity contribution in [1.29, 1.82) is 0 Å². The molecule has 2 rings (SSSR count). The van der Waals surface area contributed by atoms with Crippen molar-refractivity contribution in [2.75, 3.05) is 13.7 Å². The molecule has 94 valence electrons. The first-order valence-corrected chi connectivity index (χ1v) is 6.90. The quantitative estimate of drug-likeness (QED) is 0.745.